The third-order valence-electron chi connectivity index (χ3n) is 7.46. The molecule has 5 rings (SSSR count). The molecule has 0 radical (unpaired) electrons. The molecule has 1 fully saturated rings. The Labute approximate surface area is 241 Å². The molecule has 0 saturated carbocycles. The Morgan fingerprint density at radius 3 is 2.38 bits per heavy atom. The number of nitrogens with zero attached hydrogens (tertiary/aromatic N) is 1. The molecule has 0 aromatic heterocycles. The number of rotatable bonds is 8. The molecular weight excluding hydrogens is 559 g/mol. The number of hydroxylamine groups is 1. The van der Waals surface area contributed by atoms with Gasteiger partial charge in [-0.15, -0.1) is 0 Å². The predicted octanol–water partition coefficient (Wildman–Crippen LogP) is 2.80. The van der Waals surface area contributed by atoms with E-state index in [4.69, 9.17) is 32.8 Å². The molecular formula is C29H30Cl2N2O7. The van der Waals surface area contributed by atoms with Gasteiger partial charge in [0.25, 0.3) is 5.91 Å². The summed E-state index contributed by atoms with van der Waals surface area (Å²) in [5.74, 6) is -0.968. The van der Waals surface area contributed by atoms with E-state index >= 15 is 0 Å². The summed E-state index contributed by atoms with van der Waals surface area (Å²) in [5, 5.41) is 43.0. The fourth-order valence-corrected chi connectivity index (χ4v) is 6.06. The first kappa shape index (κ1) is 28.9. The average Bonchev–Trinajstić information content (AvgIpc) is 2.95. The van der Waals surface area contributed by atoms with Crippen molar-refractivity contribution in [3.05, 3.63) is 105 Å². The van der Waals surface area contributed by atoms with Crippen LogP contribution in [0.5, 0.6) is 0 Å². The van der Waals surface area contributed by atoms with E-state index in [-0.39, 0.29) is 11.6 Å². The first-order valence-electron chi connectivity index (χ1n) is 12.9. The Morgan fingerprint density at radius 1 is 0.925 bits per heavy atom. The number of nitrogens with one attached hydrogen (secondary N) is 1. The predicted molar refractivity (Wildman–Crippen MR) is 148 cm³/mol. The number of hydrogen-bond donors (Lipinski definition) is 5. The van der Waals surface area contributed by atoms with E-state index in [2.05, 4.69) is 5.48 Å². The molecule has 3 aromatic rings. The Morgan fingerprint density at radius 2 is 1.65 bits per heavy atom. The first-order valence-corrected chi connectivity index (χ1v) is 13.6. The third kappa shape index (κ3) is 5.62. The molecule has 7 atom stereocenters. The van der Waals surface area contributed by atoms with E-state index < -0.39 is 55.1 Å². The largest absolute Gasteiger partial charge is 0.394 e. The lowest BCUT2D eigenvalue weighted by atomic mass is 9.78. The van der Waals surface area contributed by atoms with Gasteiger partial charge in [-0.3, -0.25) is 9.63 Å². The lowest BCUT2D eigenvalue weighted by Crippen LogP contribution is -2.66. The second-order valence-electron chi connectivity index (χ2n) is 9.86. The molecule has 5 N–H and O–H groups in total. The van der Waals surface area contributed by atoms with Crippen LogP contribution in [0.25, 0.3) is 0 Å². The van der Waals surface area contributed by atoms with E-state index in [1.807, 2.05) is 42.5 Å². The highest BCUT2D eigenvalue weighted by Gasteiger charge is 2.53. The molecule has 212 valence electrons. The van der Waals surface area contributed by atoms with E-state index in [1.165, 1.54) is 4.90 Å². The van der Waals surface area contributed by atoms with Gasteiger partial charge in [0.1, 0.15) is 24.4 Å². The molecule has 11 heteroatoms. The summed E-state index contributed by atoms with van der Waals surface area (Å²) in [6.45, 7) is -0.109. The third-order valence-corrected chi connectivity index (χ3v) is 8.02. The number of fused-ring (bicyclic) bond motifs is 1. The van der Waals surface area contributed by atoms with Crippen LogP contribution in [0.1, 0.15) is 39.0 Å². The number of carbonyl (C=O) groups excluding carboxylic acids is 1. The van der Waals surface area contributed by atoms with E-state index in [0.717, 1.165) is 5.56 Å². The number of ether oxygens (including phenoxy) is 1. The van der Waals surface area contributed by atoms with Gasteiger partial charge >= 0.3 is 0 Å². The number of hydrogen-bond acceptors (Lipinski definition) is 8. The van der Waals surface area contributed by atoms with Crippen molar-refractivity contribution < 1.29 is 34.8 Å². The Bertz CT molecular complexity index is 1330. The van der Waals surface area contributed by atoms with Crippen molar-refractivity contribution in [1.82, 2.24) is 10.4 Å². The van der Waals surface area contributed by atoms with E-state index in [1.54, 1.807) is 30.3 Å². The van der Waals surface area contributed by atoms with Crippen molar-refractivity contribution in [3.63, 3.8) is 0 Å². The summed E-state index contributed by atoms with van der Waals surface area (Å²) in [6, 6.07) is 19.3. The first-order chi connectivity index (χ1) is 19.3. The maximum Gasteiger partial charge on any atom is 0.255 e. The van der Waals surface area contributed by atoms with Crippen molar-refractivity contribution >= 4 is 29.1 Å². The van der Waals surface area contributed by atoms with Gasteiger partial charge in [0, 0.05) is 28.1 Å². The second-order valence-corrected chi connectivity index (χ2v) is 10.7. The maximum absolute atomic E-state index is 14.1. The zero-order valence-corrected chi connectivity index (χ0v) is 22.8. The summed E-state index contributed by atoms with van der Waals surface area (Å²) < 4.78 is 5.44. The summed E-state index contributed by atoms with van der Waals surface area (Å²) in [5.41, 5.74) is 5.57. The van der Waals surface area contributed by atoms with Crippen LogP contribution in [0.3, 0.4) is 0 Å². The summed E-state index contributed by atoms with van der Waals surface area (Å²) in [7, 11) is 0. The van der Waals surface area contributed by atoms with Crippen molar-refractivity contribution in [2.45, 2.75) is 49.2 Å². The van der Waals surface area contributed by atoms with Gasteiger partial charge in [-0.2, -0.15) is 0 Å². The zero-order valence-electron chi connectivity index (χ0n) is 21.3. The van der Waals surface area contributed by atoms with Crippen LogP contribution in [0.15, 0.2) is 72.8 Å². The lowest BCUT2D eigenvalue weighted by Gasteiger charge is -2.51. The standard InChI is InChI=1S/C29H30Cl2N2O7/c30-17-10-11-20(22(31)12-17)24-21(13-32-39-15-16-6-2-1-3-7-16)18-8-4-5-9-19(18)28(37)33(24)25-27(36)26(35)23(14-34)40-29(25)38/h1-12,21,23-27,29,32,34-36,38H,13-15H2/t21?,23-,24?,25?,26-,27-,29?/m1/s1. The van der Waals surface area contributed by atoms with Gasteiger partial charge < -0.3 is 30.1 Å². The highest BCUT2D eigenvalue weighted by atomic mass is 35.5. The number of benzene rings is 3. The van der Waals surface area contributed by atoms with Gasteiger partial charge in [-0.1, -0.05) is 77.8 Å². The molecule has 9 nitrogen and oxygen atoms in total. The summed E-state index contributed by atoms with van der Waals surface area (Å²) in [4.78, 5) is 21.2. The van der Waals surface area contributed by atoms with E-state index in [9.17, 15) is 25.2 Å². The van der Waals surface area contributed by atoms with Gasteiger partial charge in [0.15, 0.2) is 6.29 Å². The molecule has 0 bridgehead atoms. The fourth-order valence-electron chi connectivity index (χ4n) is 5.54. The molecule has 2 aliphatic rings. The van der Waals surface area contributed by atoms with Crippen molar-refractivity contribution in [2.24, 2.45) is 0 Å². The Hall–Kier alpha value is -2.57. The zero-order chi connectivity index (χ0) is 28.4. The number of aliphatic hydroxyl groups excluding tert-OH is 4. The molecule has 4 unspecified atom stereocenters. The van der Waals surface area contributed by atoms with Crippen LogP contribution in [0.2, 0.25) is 10.0 Å². The van der Waals surface area contributed by atoms with Gasteiger partial charge in [-0.25, -0.2) is 5.48 Å². The summed E-state index contributed by atoms with van der Waals surface area (Å²) in [6.07, 6.45) is -6.13. The maximum atomic E-state index is 14.1. The van der Waals surface area contributed by atoms with Crippen LogP contribution in [-0.4, -0.2) is 75.0 Å². The monoisotopic (exact) mass is 588 g/mol. The topological polar surface area (TPSA) is 132 Å². The highest BCUT2D eigenvalue weighted by Crippen LogP contribution is 2.47. The quantitative estimate of drug-likeness (QED) is 0.200. The lowest BCUT2D eigenvalue weighted by molar-refractivity contribution is -0.271. The highest BCUT2D eigenvalue weighted by molar-refractivity contribution is 6.35. The smallest absolute Gasteiger partial charge is 0.255 e. The molecule has 0 aliphatic carbocycles. The molecule has 2 aliphatic heterocycles. The minimum absolute atomic E-state index is 0.221. The number of halogens is 2. The molecule has 40 heavy (non-hydrogen) atoms. The summed E-state index contributed by atoms with van der Waals surface area (Å²) >= 11 is 12.9. The van der Waals surface area contributed by atoms with E-state index in [0.29, 0.717) is 28.3 Å². The van der Waals surface area contributed by atoms with Crippen LogP contribution in [0, 0.1) is 0 Å². The van der Waals surface area contributed by atoms with Crippen LogP contribution < -0.4 is 5.48 Å². The molecule has 0 spiro atoms. The fraction of sp³-hybridized carbons (Fsp3) is 0.345. The van der Waals surface area contributed by atoms with Gasteiger partial charge in [0.2, 0.25) is 0 Å². The number of carbonyl (C=O) groups is 1. The SMILES string of the molecule is O=C1c2ccccc2C(CNOCc2ccccc2)C(c2ccc(Cl)cc2Cl)N1C1C(O)O[C@H](CO)[C@@H](O)[C@@H]1O. The van der Waals surface area contributed by atoms with Crippen LogP contribution in [0.4, 0.5) is 0 Å². The van der Waals surface area contributed by atoms with Crippen LogP contribution in [-0.2, 0) is 16.2 Å². The molecule has 3 aromatic carbocycles. The van der Waals surface area contributed by atoms with Crippen LogP contribution >= 0.6 is 23.2 Å². The number of amides is 1. The minimum atomic E-state index is -1.71. The molecule has 1 amide bonds. The van der Waals surface area contributed by atoms with Gasteiger partial charge in [0.05, 0.1) is 19.3 Å². The van der Waals surface area contributed by atoms with Gasteiger partial charge in [-0.05, 0) is 34.9 Å². The molecule has 2 heterocycles. The minimum Gasteiger partial charge on any atom is -0.394 e. The van der Waals surface area contributed by atoms with Crippen molar-refractivity contribution in [2.75, 3.05) is 13.2 Å². The average molecular weight is 589 g/mol. The van der Waals surface area contributed by atoms with Crippen molar-refractivity contribution in [1.29, 1.82) is 0 Å². The Balaban J connectivity index is 1.56. The molecule has 1 saturated heterocycles. The Kier molecular flexibility index (Phi) is 9.06. The number of aliphatic hydroxyl groups is 4. The normalized spacial score (nSPS) is 28.4. The van der Waals surface area contributed by atoms with Crippen molar-refractivity contribution in [3.8, 4) is 0 Å². The second kappa shape index (κ2) is 12.5.